The number of carbonyl (C=O) groups excluding carboxylic acids is 2. The van der Waals surface area contributed by atoms with Crippen LogP contribution in [0.2, 0.25) is 0 Å². The van der Waals surface area contributed by atoms with Crippen LogP contribution in [0.25, 0.3) is 33.3 Å². The Kier molecular flexibility index (Phi) is 9.32. The molecule has 1 saturated heterocycles. The second-order valence-corrected chi connectivity index (χ2v) is 10.9. The molecule has 0 aliphatic carbocycles. The monoisotopic (exact) mass is 652 g/mol. The Balaban J connectivity index is 1.62. The molecule has 1 aliphatic heterocycles. The SMILES string of the molecule is C=C(F)C(=O)Nc1ccc(-c2c(-c3ccc(C(=O)NCC(F)(F)F)c(F)c3)c3c(N)ncc(C#CCOC4CN(C)C4)c3n2C)cc1. The minimum atomic E-state index is -4.67. The molecule has 2 amide bonds. The molecule has 0 spiro atoms. The summed E-state index contributed by atoms with van der Waals surface area (Å²) in [5, 5.41) is 4.46. The van der Waals surface area contributed by atoms with Crippen molar-refractivity contribution >= 4 is 34.2 Å². The molecule has 4 aromatic rings. The minimum absolute atomic E-state index is 0.0916. The van der Waals surface area contributed by atoms with Gasteiger partial charge in [-0.25, -0.2) is 13.8 Å². The van der Waals surface area contributed by atoms with Gasteiger partial charge in [0.15, 0.2) is 5.83 Å². The van der Waals surface area contributed by atoms with Crippen LogP contribution >= 0.6 is 0 Å². The van der Waals surface area contributed by atoms with Gasteiger partial charge in [0.2, 0.25) is 0 Å². The molecule has 2 aromatic heterocycles. The molecular formula is C33H29F5N6O3. The highest BCUT2D eigenvalue weighted by Gasteiger charge is 2.29. The van der Waals surface area contributed by atoms with Crippen LogP contribution in [0.4, 0.5) is 33.5 Å². The summed E-state index contributed by atoms with van der Waals surface area (Å²) in [4.78, 5) is 30.6. The van der Waals surface area contributed by atoms with Crippen LogP contribution < -0.4 is 16.4 Å². The lowest BCUT2D eigenvalue weighted by atomic mass is 9.96. The standard InChI is InChI=1S/C33H29F5N6O3/c1-18(34)31(45)42-22-9-6-19(7-10-22)28-26(20-8-11-24(25(35)13-20)32(46)41-17-33(36,37)38)27-29(44(28)3)21(14-40-30(27)39)5-4-12-47-23-15-43(2)16-23/h6-11,13-14,23H,1,12,15-17H2,2-3H3,(H2,39,40)(H,41,46)(H,42,45). The maximum absolute atomic E-state index is 15.4. The summed E-state index contributed by atoms with van der Waals surface area (Å²) in [5.74, 6) is 1.72. The summed E-state index contributed by atoms with van der Waals surface area (Å²) < 4.78 is 74.1. The number of benzene rings is 2. The molecule has 0 radical (unpaired) electrons. The Hall–Kier alpha value is -5.26. The van der Waals surface area contributed by atoms with E-state index in [1.807, 2.05) is 7.05 Å². The number of nitrogen functional groups attached to an aromatic ring is 1. The predicted octanol–water partition coefficient (Wildman–Crippen LogP) is 5.02. The number of ether oxygens (including phenoxy) is 1. The highest BCUT2D eigenvalue weighted by atomic mass is 19.4. The first-order chi connectivity index (χ1) is 22.2. The van der Waals surface area contributed by atoms with Gasteiger partial charge >= 0.3 is 6.18 Å². The van der Waals surface area contributed by atoms with Gasteiger partial charge in [-0.2, -0.15) is 13.2 Å². The molecule has 4 N–H and O–H groups in total. The van der Waals surface area contributed by atoms with E-state index < -0.39 is 41.7 Å². The van der Waals surface area contributed by atoms with Crippen molar-refractivity contribution in [2.24, 2.45) is 7.05 Å². The molecule has 0 bridgehead atoms. The minimum Gasteiger partial charge on any atom is -0.383 e. The van der Waals surface area contributed by atoms with E-state index in [9.17, 15) is 27.2 Å². The van der Waals surface area contributed by atoms with Crippen molar-refractivity contribution in [3.8, 4) is 34.2 Å². The van der Waals surface area contributed by atoms with Gasteiger partial charge in [-0.3, -0.25) is 9.59 Å². The third-order valence-electron chi connectivity index (χ3n) is 7.50. The molecule has 3 heterocycles. The van der Waals surface area contributed by atoms with E-state index in [2.05, 4.69) is 33.6 Å². The quantitative estimate of drug-likeness (QED) is 0.140. The number of likely N-dealkylation sites (N-methyl/N-ethyl adjacent to an activating group) is 1. The molecular weight excluding hydrogens is 623 g/mol. The number of halogens is 5. The zero-order chi connectivity index (χ0) is 34.0. The average molecular weight is 653 g/mol. The number of fused-ring (bicyclic) bond motifs is 1. The highest BCUT2D eigenvalue weighted by molar-refractivity contribution is 6.11. The number of aryl methyl sites for hydroxylation is 1. The third kappa shape index (κ3) is 7.26. The Labute approximate surface area is 266 Å². The van der Waals surface area contributed by atoms with E-state index in [1.165, 1.54) is 24.4 Å². The van der Waals surface area contributed by atoms with Crippen molar-refractivity contribution in [1.29, 1.82) is 0 Å². The first kappa shape index (κ1) is 33.1. The van der Waals surface area contributed by atoms with Crippen molar-refractivity contribution in [3.63, 3.8) is 0 Å². The molecule has 14 heteroatoms. The number of anilines is 2. The second kappa shape index (κ2) is 13.2. The number of likely N-dealkylation sites (tertiary alicyclic amines) is 1. The fourth-order valence-electron chi connectivity index (χ4n) is 5.30. The normalized spacial score (nSPS) is 13.5. The Morgan fingerprint density at radius 2 is 1.81 bits per heavy atom. The largest absolute Gasteiger partial charge is 0.405 e. The van der Waals surface area contributed by atoms with E-state index >= 15 is 4.39 Å². The molecule has 244 valence electrons. The summed E-state index contributed by atoms with van der Waals surface area (Å²) in [6, 6.07) is 9.86. The Morgan fingerprint density at radius 1 is 1.13 bits per heavy atom. The van der Waals surface area contributed by atoms with Crippen molar-refractivity contribution in [2.45, 2.75) is 12.3 Å². The molecule has 9 nitrogen and oxygen atoms in total. The molecule has 47 heavy (non-hydrogen) atoms. The lowest BCUT2D eigenvalue weighted by Gasteiger charge is -2.35. The first-order valence-electron chi connectivity index (χ1n) is 14.2. The smallest absolute Gasteiger partial charge is 0.383 e. The molecule has 1 aliphatic rings. The summed E-state index contributed by atoms with van der Waals surface area (Å²) in [6.07, 6.45) is -3.07. The van der Waals surface area contributed by atoms with Crippen molar-refractivity contribution < 1.29 is 36.3 Å². The zero-order valence-corrected chi connectivity index (χ0v) is 25.3. The van der Waals surface area contributed by atoms with Crippen LogP contribution in [0.3, 0.4) is 0 Å². The van der Waals surface area contributed by atoms with Gasteiger partial charge in [0, 0.05) is 37.6 Å². The van der Waals surface area contributed by atoms with Crippen molar-refractivity contribution in [1.82, 2.24) is 19.8 Å². The number of nitrogens with one attached hydrogen (secondary N) is 2. The molecule has 2 aromatic carbocycles. The third-order valence-corrected chi connectivity index (χ3v) is 7.50. The average Bonchev–Trinajstić information content (AvgIpc) is 3.31. The summed E-state index contributed by atoms with van der Waals surface area (Å²) in [5.41, 5.74) is 8.88. The summed E-state index contributed by atoms with van der Waals surface area (Å²) in [6.45, 7) is 3.15. The zero-order valence-electron chi connectivity index (χ0n) is 25.3. The van der Waals surface area contributed by atoms with E-state index in [0.29, 0.717) is 33.3 Å². The second-order valence-electron chi connectivity index (χ2n) is 10.9. The highest BCUT2D eigenvalue weighted by Crippen LogP contribution is 2.43. The number of aromatic nitrogens is 2. The Bertz CT molecular complexity index is 1940. The van der Waals surface area contributed by atoms with Crippen molar-refractivity contribution in [3.05, 3.63) is 78.0 Å². The molecule has 5 rings (SSSR count). The predicted molar refractivity (Wildman–Crippen MR) is 167 cm³/mol. The summed E-state index contributed by atoms with van der Waals surface area (Å²) in [7, 11) is 3.73. The Morgan fingerprint density at radius 3 is 2.43 bits per heavy atom. The number of nitrogens with zero attached hydrogens (tertiary/aromatic N) is 3. The van der Waals surface area contributed by atoms with Crippen molar-refractivity contribution in [2.75, 3.05) is 44.3 Å². The van der Waals surface area contributed by atoms with Crippen LogP contribution in [0, 0.1) is 17.7 Å². The van der Waals surface area contributed by atoms with Gasteiger partial charge in [-0.1, -0.05) is 36.6 Å². The van der Waals surface area contributed by atoms with E-state index in [4.69, 9.17) is 10.5 Å². The number of amides is 2. The van der Waals surface area contributed by atoms with Gasteiger partial charge in [0.1, 0.15) is 24.8 Å². The fraction of sp³-hybridized carbons (Fsp3) is 0.242. The van der Waals surface area contributed by atoms with E-state index in [0.717, 1.165) is 25.2 Å². The molecule has 0 unspecified atom stereocenters. The number of hydrogen-bond acceptors (Lipinski definition) is 6. The van der Waals surface area contributed by atoms with Gasteiger partial charge in [-0.05, 0) is 42.4 Å². The first-order valence-corrected chi connectivity index (χ1v) is 14.2. The van der Waals surface area contributed by atoms with Gasteiger partial charge in [-0.15, -0.1) is 0 Å². The number of carbonyl (C=O) groups is 2. The maximum Gasteiger partial charge on any atom is 0.405 e. The van der Waals surface area contributed by atoms with Crippen LogP contribution in [0.5, 0.6) is 0 Å². The number of rotatable bonds is 8. The number of alkyl halides is 3. The molecule has 0 atom stereocenters. The maximum atomic E-state index is 15.4. The van der Waals surface area contributed by atoms with Crippen LogP contribution in [0.1, 0.15) is 15.9 Å². The molecule has 1 fully saturated rings. The van der Waals surface area contributed by atoms with Gasteiger partial charge in [0.25, 0.3) is 11.8 Å². The van der Waals surface area contributed by atoms with E-state index in [-0.39, 0.29) is 29.8 Å². The van der Waals surface area contributed by atoms with Crippen LogP contribution in [-0.2, 0) is 16.6 Å². The fourth-order valence-corrected chi connectivity index (χ4v) is 5.30. The van der Waals surface area contributed by atoms with Gasteiger partial charge in [0.05, 0.1) is 33.8 Å². The topological polar surface area (TPSA) is 115 Å². The molecule has 0 saturated carbocycles. The summed E-state index contributed by atoms with van der Waals surface area (Å²) >= 11 is 0. The lowest BCUT2D eigenvalue weighted by Crippen LogP contribution is -2.49. The number of hydrogen-bond donors (Lipinski definition) is 3. The van der Waals surface area contributed by atoms with Crippen LogP contribution in [0.15, 0.2) is 61.1 Å². The van der Waals surface area contributed by atoms with Gasteiger partial charge < -0.3 is 30.6 Å². The lowest BCUT2D eigenvalue weighted by molar-refractivity contribution is -0.123. The van der Waals surface area contributed by atoms with Crippen LogP contribution in [-0.4, -0.2) is 71.8 Å². The number of nitrogens with two attached hydrogens (primary N) is 1. The number of pyridine rings is 1. The van der Waals surface area contributed by atoms with E-state index in [1.54, 1.807) is 29.1 Å².